The van der Waals surface area contributed by atoms with Crippen molar-refractivity contribution in [1.82, 2.24) is 0 Å². The lowest BCUT2D eigenvalue weighted by molar-refractivity contribution is -0.665. The van der Waals surface area contributed by atoms with Crippen LogP contribution in [0.4, 0.5) is 4.39 Å². The summed E-state index contributed by atoms with van der Waals surface area (Å²) >= 11 is 0. The topological polar surface area (TPSA) is 3.88 Å². The van der Waals surface area contributed by atoms with Crippen LogP contribution in [0.25, 0.3) is 22.0 Å². The molecule has 1 aromatic heterocycles. The average molecular weight is 294 g/mol. The first-order chi connectivity index (χ1) is 10.4. The lowest BCUT2D eigenvalue weighted by atomic mass is 9.93. The highest BCUT2D eigenvalue weighted by molar-refractivity contribution is 5.94. The molecule has 0 N–H and O–H groups in total. The summed E-state index contributed by atoms with van der Waals surface area (Å²) in [5.41, 5.74) is 5.89. The van der Waals surface area contributed by atoms with E-state index in [-0.39, 0.29) is 5.82 Å². The van der Waals surface area contributed by atoms with Crippen molar-refractivity contribution < 1.29 is 8.96 Å². The van der Waals surface area contributed by atoms with Crippen LogP contribution in [-0.2, 0) is 7.05 Å². The molecule has 0 radical (unpaired) electrons. The largest absolute Gasteiger partial charge is 0.220 e. The van der Waals surface area contributed by atoms with Crippen molar-refractivity contribution in [2.75, 3.05) is 0 Å². The fourth-order valence-corrected chi connectivity index (χ4v) is 3.14. The highest BCUT2D eigenvalue weighted by Crippen LogP contribution is 2.32. The first-order valence-electron chi connectivity index (χ1n) is 7.57. The molecule has 0 fully saturated rings. The molecule has 3 rings (SSSR count). The van der Waals surface area contributed by atoms with Gasteiger partial charge in [0, 0.05) is 13.0 Å². The molecule has 0 amide bonds. The Bertz CT molecular complexity index is 894. The van der Waals surface area contributed by atoms with Crippen molar-refractivity contribution in [2.45, 2.75) is 27.7 Å². The number of hydrogen-bond acceptors (Lipinski definition) is 0. The van der Waals surface area contributed by atoms with Crippen LogP contribution in [0.1, 0.15) is 22.4 Å². The van der Waals surface area contributed by atoms with Gasteiger partial charge in [-0.05, 0) is 55.0 Å². The Kier molecular flexibility index (Phi) is 3.48. The Balaban J connectivity index is 2.48. The number of benzene rings is 2. The van der Waals surface area contributed by atoms with Gasteiger partial charge in [-0.15, -0.1) is 0 Å². The van der Waals surface area contributed by atoms with E-state index >= 15 is 0 Å². The second kappa shape index (κ2) is 5.20. The van der Waals surface area contributed by atoms with E-state index in [9.17, 15) is 4.39 Å². The number of aryl methyl sites for hydroxylation is 2. The van der Waals surface area contributed by atoms with E-state index in [0.717, 1.165) is 22.4 Å². The molecule has 112 valence electrons. The Morgan fingerprint density at radius 1 is 0.909 bits per heavy atom. The number of aromatic nitrogens is 1. The first-order valence-corrected chi connectivity index (χ1v) is 7.57. The maximum absolute atomic E-state index is 14.2. The van der Waals surface area contributed by atoms with Gasteiger partial charge in [0.2, 0.25) is 5.69 Å². The molecule has 0 spiro atoms. The molecule has 0 bridgehead atoms. The third-order valence-electron chi connectivity index (χ3n) is 4.70. The third kappa shape index (κ3) is 2.10. The molecule has 0 saturated heterocycles. The monoisotopic (exact) mass is 294 g/mol. The van der Waals surface area contributed by atoms with E-state index < -0.39 is 0 Å². The molecular formula is C20H21FN+. The van der Waals surface area contributed by atoms with Gasteiger partial charge in [0.05, 0.1) is 10.9 Å². The summed E-state index contributed by atoms with van der Waals surface area (Å²) in [6.45, 7) is 7.81. The van der Waals surface area contributed by atoms with Gasteiger partial charge in [-0.1, -0.05) is 18.2 Å². The van der Waals surface area contributed by atoms with Gasteiger partial charge in [-0.3, -0.25) is 0 Å². The number of halogens is 1. The number of rotatable bonds is 1. The minimum absolute atomic E-state index is 0.0964. The summed E-state index contributed by atoms with van der Waals surface area (Å²) < 4.78 is 16.4. The molecule has 1 nitrogen and oxygen atoms in total. The second-order valence-corrected chi connectivity index (χ2v) is 6.09. The van der Waals surface area contributed by atoms with Crippen molar-refractivity contribution in [1.29, 1.82) is 0 Å². The molecule has 22 heavy (non-hydrogen) atoms. The lowest BCUT2D eigenvalue weighted by Crippen LogP contribution is -2.35. The smallest absolute Gasteiger partial charge is 0.206 e. The highest BCUT2D eigenvalue weighted by atomic mass is 19.1. The standard InChI is InChI=1S/C20H21FN/c1-12-10-18(14(3)15(4)19(12)21)20-17-9-7-6-8-16(17)11-13(2)22(20)5/h6-11H,1-5H3/q+1. The zero-order valence-electron chi connectivity index (χ0n) is 13.8. The van der Waals surface area contributed by atoms with Crippen molar-refractivity contribution in [3.63, 3.8) is 0 Å². The average Bonchev–Trinajstić information content (AvgIpc) is 2.51. The molecule has 0 atom stereocenters. The fraction of sp³-hybridized carbons (Fsp3) is 0.250. The number of pyridine rings is 1. The number of hydrogen-bond donors (Lipinski definition) is 0. The van der Waals surface area contributed by atoms with Crippen LogP contribution in [0.3, 0.4) is 0 Å². The van der Waals surface area contributed by atoms with Gasteiger partial charge in [0.25, 0.3) is 0 Å². The van der Waals surface area contributed by atoms with Crippen LogP contribution in [0, 0.1) is 33.5 Å². The maximum Gasteiger partial charge on any atom is 0.220 e. The second-order valence-electron chi connectivity index (χ2n) is 6.09. The van der Waals surface area contributed by atoms with Gasteiger partial charge in [0.15, 0.2) is 5.69 Å². The van der Waals surface area contributed by atoms with E-state index in [1.165, 1.54) is 16.5 Å². The van der Waals surface area contributed by atoms with Gasteiger partial charge < -0.3 is 0 Å². The van der Waals surface area contributed by atoms with Crippen LogP contribution < -0.4 is 4.57 Å². The molecule has 0 aliphatic heterocycles. The van der Waals surface area contributed by atoms with Crippen LogP contribution in [-0.4, -0.2) is 0 Å². The molecular weight excluding hydrogens is 273 g/mol. The molecule has 0 aliphatic rings. The first kappa shape index (κ1) is 14.7. The SMILES string of the molecule is Cc1cc(-c2c3ccccc3cc(C)[n+]2C)c(C)c(C)c1F. The van der Waals surface area contributed by atoms with Gasteiger partial charge in [-0.25, -0.2) is 4.39 Å². The Morgan fingerprint density at radius 2 is 1.59 bits per heavy atom. The van der Waals surface area contributed by atoms with Crippen molar-refractivity contribution >= 4 is 10.8 Å². The highest BCUT2D eigenvalue weighted by Gasteiger charge is 2.22. The minimum atomic E-state index is -0.0964. The predicted octanol–water partition coefficient (Wildman–Crippen LogP) is 4.70. The predicted molar refractivity (Wildman–Crippen MR) is 89.5 cm³/mol. The maximum atomic E-state index is 14.2. The fourth-order valence-electron chi connectivity index (χ4n) is 3.14. The van der Waals surface area contributed by atoms with E-state index in [4.69, 9.17) is 0 Å². The molecule has 2 aromatic carbocycles. The Hall–Kier alpha value is -2.22. The zero-order valence-corrected chi connectivity index (χ0v) is 13.8. The van der Waals surface area contributed by atoms with Gasteiger partial charge in [0.1, 0.15) is 12.9 Å². The zero-order chi connectivity index (χ0) is 16.0. The summed E-state index contributed by atoms with van der Waals surface area (Å²) in [7, 11) is 2.07. The van der Waals surface area contributed by atoms with E-state index in [2.05, 4.69) is 48.9 Å². The van der Waals surface area contributed by atoms with Crippen LogP contribution in [0.15, 0.2) is 36.4 Å². The van der Waals surface area contributed by atoms with E-state index in [0.29, 0.717) is 5.56 Å². The van der Waals surface area contributed by atoms with Crippen LogP contribution in [0.5, 0.6) is 0 Å². The number of fused-ring (bicyclic) bond motifs is 1. The van der Waals surface area contributed by atoms with Crippen molar-refractivity contribution in [2.24, 2.45) is 7.05 Å². The lowest BCUT2D eigenvalue weighted by Gasteiger charge is -2.13. The molecule has 1 heterocycles. The van der Waals surface area contributed by atoms with Crippen LogP contribution in [0.2, 0.25) is 0 Å². The van der Waals surface area contributed by atoms with E-state index in [1.54, 1.807) is 0 Å². The van der Waals surface area contributed by atoms with Crippen molar-refractivity contribution in [3.8, 4) is 11.3 Å². The summed E-state index contributed by atoms with van der Waals surface area (Å²) in [5, 5.41) is 2.41. The van der Waals surface area contributed by atoms with Crippen molar-refractivity contribution in [3.05, 3.63) is 64.6 Å². The molecule has 0 saturated carbocycles. The Morgan fingerprint density at radius 3 is 2.32 bits per heavy atom. The summed E-state index contributed by atoms with van der Waals surface area (Å²) in [5.74, 6) is -0.0964. The van der Waals surface area contributed by atoms with Gasteiger partial charge in [-0.2, -0.15) is 4.57 Å². The van der Waals surface area contributed by atoms with Crippen LogP contribution >= 0.6 is 0 Å². The normalized spacial score (nSPS) is 11.2. The van der Waals surface area contributed by atoms with Gasteiger partial charge >= 0.3 is 0 Å². The molecule has 0 aliphatic carbocycles. The third-order valence-corrected chi connectivity index (χ3v) is 4.70. The summed E-state index contributed by atoms with van der Waals surface area (Å²) in [4.78, 5) is 0. The summed E-state index contributed by atoms with van der Waals surface area (Å²) in [6.07, 6.45) is 0. The van der Waals surface area contributed by atoms with E-state index in [1.807, 2.05) is 26.8 Å². The quantitative estimate of drug-likeness (QED) is 0.573. The number of nitrogens with zero attached hydrogens (tertiary/aromatic N) is 1. The molecule has 0 unspecified atom stereocenters. The Labute approximate surface area is 131 Å². The summed E-state index contributed by atoms with van der Waals surface area (Å²) in [6, 6.07) is 12.5. The molecule has 3 aromatic rings. The minimum Gasteiger partial charge on any atom is -0.206 e. The molecule has 2 heteroatoms.